The van der Waals surface area contributed by atoms with Crippen LogP contribution in [-0.4, -0.2) is 15.5 Å². The van der Waals surface area contributed by atoms with Gasteiger partial charge in [0.2, 0.25) is 0 Å². The fourth-order valence-electron chi connectivity index (χ4n) is 2.18. The van der Waals surface area contributed by atoms with E-state index in [4.69, 9.17) is 0 Å². The Labute approximate surface area is 133 Å². The molecule has 0 unspecified atom stereocenters. The SMILES string of the molecule is CCc1ccc(NC(=O)c2sc(-n3cccc3)nc2C)cc1. The molecule has 0 saturated heterocycles. The lowest BCUT2D eigenvalue weighted by Crippen LogP contribution is -2.11. The van der Waals surface area contributed by atoms with Crippen molar-refractivity contribution in [3.05, 3.63) is 64.9 Å². The van der Waals surface area contributed by atoms with E-state index in [0.29, 0.717) is 4.88 Å². The smallest absolute Gasteiger partial charge is 0.267 e. The minimum atomic E-state index is -0.113. The second-order valence-electron chi connectivity index (χ2n) is 5.01. The Kier molecular flexibility index (Phi) is 4.06. The second-order valence-corrected chi connectivity index (χ2v) is 5.98. The van der Waals surface area contributed by atoms with Gasteiger partial charge >= 0.3 is 0 Å². The van der Waals surface area contributed by atoms with E-state index in [1.54, 1.807) is 0 Å². The number of hydrogen-bond acceptors (Lipinski definition) is 3. The van der Waals surface area contributed by atoms with Crippen LogP contribution in [0.1, 0.15) is 27.9 Å². The van der Waals surface area contributed by atoms with Crippen molar-refractivity contribution in [1.82, 2.24) is 9.55 Å². The third-order valence-electron chi connectivity index (χ3n) is 3.44. The van der Waals surface area contributed by atoms with Gasteiger partial charge in [-0.25, -0.2) is 4.98 Å². The van der Waals surface area contributed by atoms with Gasteiger partial charge in [0.1, 0.15) is 4.88 Å². The van der Waals surface area contributed by atoms with Crippen molar-refractivity contribution in [3.63, 3.8) is 0 Å². The average molecular weight is 311 g/mol. The number of rotatable bonds is 4. The first kappa shape index (κ1) is 14.5. The summed E-state index contributed by atoms with van der Waals surface area (Å²) in [6.07, 6.45) is 4.83. The van der Waals surface area contributed by atoms with E-state index in [-0.39, 0.29) is 5.91 Å². The molecule has 3 aromatic rings. The second kappa shape index (κ2) is 6.15. The van der Waals surface area contributed by atoms with Crippen LogP contribution in [0.15, 0.2) is 48.8 Å². The maximum atomic E-state index is 12.4. The molecule has 0 fully saturated rings. The number of carbonyl (C=O) groups is 1. The molecular formula is C17H17N3OS. The zero-order valence-corrected chi connectivity index (χ0v) is 13.4. The molecule has 0 saturated carbocycles. The van der Waals surface area contributed by atoms with E-state index in [2.05, 4.69) is 17.2 Å². The van der Waals surface area contributed by atoms with Crippen LogP contribution in [-0.2, 0) is 6.42 Å². The van der Waals surface area contributed by atoms with Crippen molar-refractivity contribution in [2.75, 3.05) is 5.32 Å². The van der Waals surface area contributed by atoms with E-state index in [9.17, 15) is 4.79 Å². The minimum absolute atomic E-state index is 0.113. The number of aryl methyl sites for hydroxylation is 2. The molecule has 1 N–H and O–H groups in total. The van der Waals surface area contributed by atoms with Gasteiger partial charge in [-0.2, -0.15) is 0 Å². The molecule has 2 heterocycles. The summed E-state index contributed by atoms with van der Waals surface area (Å²) in [5, 5.41) is 3.73. The van der Waals surface area contributed by atoms with E-state index < -0.39 is 0 Å². The Balaban J connectivity index is 1.80. The van der Waals surface area contributed by atoms with Crippen molar-refractivity contribution >= 4 is 22.9 Å². The Morgan fingerprint density at radius 2 is 1.91 bits per heavy atom. The third kappa shape index (κ3) is 2.94. The molecule has 2 aromatic heterocycles. The van der Waals surface area contributed by atoms with Crippen LogP contribution in [0.4, 0.5) is 5.69 Å². The lowest BCUT2D eigenvalue weighted by Gasteiger charge is -2.04. The molecule has 4 nitrogen and oxygen atoms in total. The molecule has 0 bridgehead atoms. The zero-order valence-electron chi connectivity index (χ0n) is 12.5. The number of nitrogens with zero attached hydrogens (tertiary/aromatic N) is 2. The first-order chi connectivity index (χ1) is 10.7. The fourth-order valence-corrected chi connectivity index (χ4v) is 3.11. The molecule has 22 heavy (non-hydrogen) atoms. The van der Waals surface area contributed by atoms with Gasteiger partial charge in [-0.1, -0.05) is 30.4 Å². The molecule has 0 aliphatic rings. The Morgan fingerprint density at radius 3 is 2.55 bits per heavy atom. The molecule has 0 atom stereocenters. The van der Waals surface area contributed by atoms with Crippen LogP contribution >= 0.6 is 11.3 Å². The van der Waals surface area contributed by atoms with Crippen molar-refractivity contribution < 1.29 is 4.79 Å². The Hall–Kier alpha value is -2.40. The molecular weight excluding hydrogens is 294 g/mol. The summed E-state index contributed by atoms with van der Waals surface area (Å²) in [4.78, 5) is 17.5. The average Bonchev–Trinajstić information content (AvgIpc) is 3.17. The topological polar surface area (TPSA) is 46.9 Å². The molecule has 112 valence electrons. The van der Waals surface area contributed by atoms with Gasteiger partial charge in [0.15, 0.2) is 5.13 Å². The minimum Gasteiger partial charge on any atom is -0.321 e. The molecule has 1 aromatic carbocycles. The van der Waals surface area contributed by atoms with E-state index in [0.717, 1.165) is 22.9 Å². The zero-order chi connectivity index (χ0) is 15.5. The predicted molar refractivity (Wildman–Crippen MR) is 90.0 cm³/mol. The number of amides is 1. The van der Waals surface area contributed by atoms with E-state index >= 15 is 0 Å². The number of nitrogens with one attached hydrogen (secondary N) is 1. The molecule has 3 rings (SSSR count). The maximum Gasteiger partial charge on any atom is 0.267 e. The van der Waals surface area contributed by atoms with Gasteiger partial charge in [-0.3, -0.25) is 4.79 Å². The monoisotopic (exact) mass is 311 g/mol. The summed E-state index contributed by atoms with van der Waals surface area (Å²) in [5.74, 6) is -0.113. The van der Waals surface area contributed by atoms with Crippen LogP contribution in [0.5, 0.6) is 0 Å². The summed E-state index contributed by atoms with van der Waals surface area (Å²) in [6.45, 7) is 3.97. The van der Waals surface area contributed by atoms with Crippen LogP contribution in [0.3, 0.4) is 0 Å². The fraction of sp³-hybridized carbons (Fsp3) is 0.176. The standard InChI is InChI=1S/C17H17N3OS/c1-3-13-6-8-14(9-7-13)19-16(21)15-12(2)18-17(22-15)20-10-4-5-11-20/h4-11H,3H2,1-2H3,(H,19,21). The Bertz CT molecular complexity index is 773. The quantitative estimate of drug-likeness (QED) is 0.790. The van der Waals surface area contributed by atoms with Gasteiger partial charge in [0.05, 0.1) is 5.69 Å². The maximum absolute atomic E-state index is 12.4. The largest absolute Gasteiger partial charge is 0.321 e. The van der Waals surface area contributed by atoms with Crippen molar-refractivity contribution in [2.24, 2.45) is 0 Å². The summed E-state index contributed by atoms with van der Waals surface area (Å²) in [6, 6.07) is 11.8. The summed E-state index contributed by atoms with van der Waals surface area (Å²) in [7, 11) is 0. The lowest BCUT2D eigenvalue weighted by molar-refractivity contribution is 0.103. The molecule has 5 heteroatoms. The van der Waals surface area contributed by atoms with Crippen molar-refractivity contribution in [3.8, 4) is 5.13 Å². The summed E-state index contributed by atoms with van der Waals surface area (Å²) in [5.41, 5.74) is 2.80. The van der Waals surface area contributed by atoms with Gasteiger partial charge in [0, 0.05) is 18.1 Å². The number of aromatic nitrogens is 2. The number of carbonyl (C=O) groups excluding carboxylic acids is 1. The van der Waals surface area contributed by atoms with Crippen molar-refractivity contribution in [1.29, 1.82) is 0 Å². The number of hydrogen-bond donors (Lipinski definition) is 1. The number of thiazole rings is 1. The van der Waals surface area contributed by atoms with E-state index in [1.807, 2.05) is 60.3 Å². The van der Waals surface area contributed by atoms with Gasteiger partial charge in [0.25, 0.3) is 5.91 Å². The lowest BCUT2D eigenvalue weighted by atomic mass is 10.1. The highest BCUT2D eigenvalue weighted by molar-refractivity contribution is 7.16. The predicted octanol–water partition coefficient (Wildman–Crippen LogP) is 4.06. The number of anilines is 1. The molecule has 0 radical (unpaired) electrons. The highest BCUT2D eigenvalue weighted by Gasteiger charge is 2.16. The van der Waals surface area contributed by atoms with Crippen LogP contribution < -0.4 is 5.32 Å². The highest BCUT2D eigenvalue weighted by atomic mass is 32.1. The molecule has 0 aliphatic heterocycles. The molecule has 0 spiro atoms. The highest BCUT2D eigenvalue weighted by Crippen LogP contribution is 2.23. The Morgan fingerprint density at radius 1 is 1.23 bits per heavy atom. The van der Waals surface area contributed by atoms with Gasteiger partial charge in [-0.15, -0.1) is 0 Å². The van der Waals surface area contributed by atoms with Crippen LogP contribution in [0.2, 0.25) is 0 Å². The van der Waals surface area contributed by atoms with Gasteiger partial charge < -0.3 is 9.88 Å². The number of benzene rings is 1. The van der Waals surface area contributed by atoms with Crippen LogP contribution in [0, 0.1) is 6.92 Å². The van der Waals surface area contributed by atoms with E-state index in [1.165, 1.54) is 16.9 Å². The summed E-state index contributed by atoms with van der Waals surface area (Å²) >= 11 is 1.39. The molecule has 1 amide bonds. The molecule has 0 aliphatic carbocycles. The van der Waals surface area contributed by atoms with Crippen molar-refractivity contribution in [2.45, 2.75) is 20.3 Å². The van der Waals surface area contributed by atoms with Crippen LogP contribution in [0.25, 0.3) is 5.13 Å². The first-order valence-corrected chi connectivity index (χ1v) is 8.00. The normalized spacial score (nSPS) is 10.6. The third-order valence-corrected chi connectivity index (χ3v) is 4.61. The summed E-state index contributed by atoms with van der Waals surface area (Å²) < 4.78 is 1.91. The first-order valence-electron chi connectivity index (χ1n) is 7.18. The van der Waals surface area contributed by atoms with Gasteiger partial charge in [-0.05, 0) is 43.2 Å².